The van der Waals surface area contributed by atoms with E-state index in [1.165, 1.54) is 6.07 Å². The minimum atomic E-state index is -3.63. The number of hydrogen-bond acceptors (Lipinski definition) is 6. The van der Waals surface area contributed by atoms with Gasteiger partial charge in [-0.2, -0.15) is 4.98 Å². The zero-order valence-corrected chi connectivity index (χ0v) is 13.5. The third kappa shape index (κ3) is 2.88. The van der Waals surface area contributed by atoms with Crippen LogP contribution in [-0.2, 0) is 10.0 Å². The van der Waals surface area contributed by atoms with Crippen molar-refractivity contribution in [2.45, 2.75) is 18.1 Å². The maximum absolute atomic E-state index is 12.4. The SMILES string of the molecule is Cc1nc(-c2csc(S(=O)(=O)Nc3ccccc3C)c2)no1. The molecule has 22 heavy (non-hydrogen) atoms. The topological polar surface area (TPSA) is 85.1 Å². The summed E-state index contributed by atoms with van der Waals surface area (Å²) in [7, 11) is -3.63. The molecule has 1 aromatic carbocycles. The highest BCUT2D eigenvalue weighted by atomic mass is 32.2. The summed E-state index contributed by atoms with van der Waals surface area (Å²) in [5, 5.41) is 5.48. The number of aromatic nitrogens is 2. The van der Waals surface area contributed by atoms with E-state index in [4.69, 9.17) is 4.52 Å². The number of thiophene rings is 1. The van der Waals surface area contributed by atoms with Gasteiger partial charge in [0.2, 0.25) is 11.7 Å². The number of rotatable bonds is 4. The Morgan fingerprint density at radius 3 is 2.68 bits per heavy atom. The first-order valence-corrected chi connectivity index (χ1v) is 8.80. The molecule has 114 valence electrons. The second kappa shape index (κ2) is 5.54. The van der Waals surface area contributed by atoms with Gasteiger partial charge in [-0.1, -0.05) is 23.4 Å². The predicted molar refractivity (Wildman–Crippen MR) is 84.3 cm³/mol. The van der Waals surface area contributed by atoms with Crippen LogP contribution in [0.4, 0.5) is 5.69 Å². The van der Waals surface area contributed by atoms with Crippen molar-refractivity contribution in [2.24, 2.45) is 0 Å². The Hall–Kier alpha value is -2.19. The molecular weight excluding hydrogens is 322 g/mol. The summed E-state index contributed by atoms with van der Waals surface area (Å²) in [6, 6.07) is 8.75. The molecule has 0 radical (unpaired) electrons. The van der Waals surface area contributed by atoms with Gasteiger partial charge in [0.15, 0.2) is 0 Å². The Bertz CT molecular complexity index is 913. The smallest absolute Gasteiger partial charge is 0.271 e. The minimum absolute atomic E-state index is 0.202. The summed E-state index contributed by atoms with van der Waals surface area (Å²) in [5.74, 6) is 0.815. The first-order chi connectivity index (χ1) is 10.5. The van der Waals surface area contributed by atoms with Crippen molar-refractivity contribution in [3.63, 3.8) is 0 Å². The number of para-hydroxylation sites is 1. The largest absolute Gasteiger partial charge is 0.339 e. The number of anilines is 1. The van der Waals surface area contributed by atoms with Gasteiger partial charge < -0.3 is 4.52 Å². The van der Waals surface area contributed by atoms with E-state index in [0.29, 0.717) is 23.0 Å². The Morgan fingerprint density at radius 1 is 1.23 bits per heavy atom. The fraction of sp³-hybridized carbons (Fsp3) is 0.143. The summed E-state index contributed by atoms with van der Waals surface area (Å²) in [6.07, 6.45) is 0. The van der Waals surface area contributed by atoms with E-state index in [1.807, 2.05) is 19.1 Å². The minimum Gasteiger partial charge on any atom is -0.339 e. The van der Waals surface area contributed by atoms with Crippen molar-refractivity contribution in [1.82, 2.24) is 10.1 Å². The Labute approximate surface area is 131 Å². The van der Waals surface area contributed by atoms with E-state index in [-0.39, 0.29) is 4.21 Å². The Morgan fingerprint density at radius 2 is 2.00 bits per heavy atom. The standard InChI is InChI=1S/C14H13N3O3S2/c1-9-5-3-4-6-12(9)17-22(18,19)13-7-11(8-21-13)14-15-10(2)20-16-14/h3-8,17H,1-2H3. The van der Waals surface area contributed by atoms with Gasteiger partial charge in [0.25, 0.3) is 10.0 Å². The third-order valence-electron chi connectivity index (χ3n) is 3.02. The lowest BCUT2D eigenvalue weighted by Gasteiger charge is -2.08. The number of sulfonamides is 1. The van der Waals surface area contributed by atoms with Crippen LogP contribution in [0.3, 0.4) is 0 Å². The van der Waals surface area contributed by atoms with Crippen LogP contribution in [0, 0.1) is 13.8 Å². The molecule has 0 bridgehead atoms. The maximum atomic E-state index is 12.4. The van der Waals surface area contributed by atoms with E-state index >= 15 is 0 Å². The number of aryl methyl sites for hydroxylation is 2. The maximum Gasteiger partial charge on any atom is 0.271 e. The first-order valence-electron chi connectivity index (χ1n) is 6.43. The molecule has 2 heterocycles. The molecule has 0 atom stereocenters. The highest BCUT2D eigenvalue weighted by Crippen LogP contribution is 2.28. The molecule has 0 spiro atoms. The summed E-state index contributed by atoms with van der Waals surface area (Å²) in [5.41, 5.74) is 2.04. The number of benzene rings is 1. The van der Waals surface area contributed by atoms with Crippen molar-refractivity contribution < 1.29 is 12.9 Å². The molecule has 0 aliphatic rings. The Balaban J connectivity index is 1.90. The van der Waals surface area contributed by atoms with Crippen LogP contribution in [0.5, 0.6) is 0 Å². The molecule has 1 N–H and O–H groups in total. The second-order valence-electron chi connectivity index (χ2n) is 4.71. The molecule has 3 rings (SSSR count). The molecule has 3 aromatic rings. The average molecular weight is 335 g/mol. The quantitative estimate of drug-likeness (QED) is 0.791. The fourth-order valence-electron chi connectivity index (χ4n) is 1.87. The van der Waals surface area contributed by atoms with Gasteiger partial charge in [0.05, 0.1) is 5.69 Å². The van der Waals surface area contributed by atoms with Crippen molar-refractivity contribution >= 4 is 27.0 Å². The van der Waals surface area contributed by atoms with Gasteiger partial charge >= 0.3 is 0 Å². The van der Waals surface area contributed by atoms with Crippen LogP contribution < -0.4 is 4.72 Å². The van der Waals surface area contributed by atoms with E-state index in [1.54, 1.807) is 24.4 Å². The van der Waals surface area contributed by atoms with Gasteiger partial charge in [0.1, 0.15) is 4.21 Å². The molecule has 0 fully saturated rings. The van der Waals surface area contributed by atoms with Gasteiger partial charge in [0, 0.05) is 17.9 Å². The molecule has 0 aliphatic heterocycles. The van der Waals surface area contributed by atoms with E-state index < -0.39 is 10.0 Å². The van der Waals surface area contributed by atoms with E-state index in [2.05, 4.69) is 14.9 Å². The van der Waals surface area contributed by atoms with E-state index in [0.717, 1.165) is 16.9 Å². The molecular formula is C14H13N3O3S2. The van der Waals surface area contributed by atoms with Gasteiger partial charge in [-0.25, -0.2) is 8.42 Å². The van der Waals surface area contributed by atoms with Gasteiger partial charge in [-0.15, -0.1) is 11.3 Å². The van der Waals surface area contributed by atoms with Crippen molar-refractivity contribution in [1.29, 1.82) is 0 Å². The molecule has 0 aliphatic carbocycles. The van der Waals surface area contributed by atoms with Crippen LogP contribution in [0.25, 0.3) is 11.4 Å². The molecule has 0 unspecified atom stereocenters. The zero-order chi connectivity index (χ0) is 15.7. The monoisotopic (exact) mass is 335 g/mol. The second-order valence-corrected chi connectivity index (χ2v) is 7.53. The predicted octanol–water partition coefficient (Wildman–Crippen LogP) is 3.22. The molecule has 0 amide bonds. The normalized spacial score (nSPS) is 11.5. The number of nitrogens with one attached hydrogen (secondary N) is 1. The molecule has 0 saturated heterocycles. The van der Waals surface area contributed by atoms with Crippen molar-refractivity contribution in [3.8, 4) is 11.4 Å². The van der Waals surface area contributed by atoms with Crippen LogP contribution in [0.1, 0.15) is 11.5 Å². The average Bonchev–Trinajstić information content (AvgIpc) is 3.10. The number of nitrogens with zero attached hydrogens (tertiary/aromatic N) is 2. The summed E-state index contributed by atoms with van der Waals surface area (Å²) in [4.78, 5) is 4.09. The first kappa shape index (κ1) is 14.7. The Kier molecular flexibility index (Phi) is 3.71. The summed E-state index contributed by atoms with van der Waals surface area (Å²) >= 11 is 1.11. The molecule has 0 saturated carbocycles. The lowest BCUT2D eigenvalue weighted by molar-refractivity contribution is 0.394. The molecule has 6 nitrogen and oxygen atoms in total. The van der Waals surface area contributed by atoms with Gasteiger partial charge in [-0.3, -0.25) is 4.72 Å². The number of hydrogen-bond donors (Lipinski definition) is 1. The highest BCUT2D eigenvalue weighted by Gasteiger charge is 2.19. The van der Waals surface area contributed by atoms with Gasteiger partial charge in [-0.05, 0) is 24.6 Å². The molecule has 8 heteroatoms. The summed E-state index contributed by atoms with van der Waals surface area (Å²) in [6.45, 7) is 3.53. The summed E-state index contributed by atoms with van der Waals surface area (Å²) < 4.78 is 32.6. The van der Waals surface area contributed by atoms with Crippen molar-refractivity contribution in [3.05, 3.63) is 47.2 Å². The highest BCUT2D eigenvalue weighted by molar-refractivity contribution is 7.94. The zero-order valence-electron chi connectivity index (χ0n) is 11.9. The third-order valence-corrected chi connectivity index (χ3v) is 5.82. The lowest BCUT2D eigenvalue weighted by atomic mass is 10.2. The van der Waals surface area contributed by atoms with Crippen LogP contribution >= 0.6 is 11.3 Å². The van der Waals surface area contributed by atoms with Crippen LogP contribution in [-0.4, -0.2) is 18.6 Å². The van der Waals surface area contributed by atoms with E-state index in [9.17, 15) is 8.42 Å². The fourth-order valence-corrected chi connectivity index (χ4v) is 4.16. The van der Waals surface area contributed by atoms with Crippen LogP contribution in [0.15, 0.2) is 44.4 Å². The molecule has 2 aromatic heterocycles. The van der Waals surface area contributed by atoms with Crippen LogP contribution in [0.2, 0.25) is 0 Å². The lowest BCUT2D eigenvalue weighted by Crippen LogP contribution is -2.12. The van der Waals surface area contributed by atoms with Crippen molar-refractivity contribution in [2.75, 3.05) is 4.72 Å².